The van der Waals surface area contributed by atoms with E-state index >= 15 is 0 Å². The first-order chi connectivity index (χ1) is 6.38. The van der Waals surface area contributed by atoms with E-state index in [0.717, 1.165) is 12.0 Å². The maximum atomic E-state index is 12.6. The fourth-order valence-electron chi connectivity index (χ4n) is 1.49. The van der Waals surface area contributed by atoms with E-state index in [-0.39, 0.29) is 17.3 Å². The fourth-order valence-corrected chi connectivity index (χ4v) is 1.49. The molecule has 0 heterocycles. The second-order valence-electron chi connectivity index (χ2n) is 4.92. The molecule has 0 saturated carbocycles. The first-order valence-corrected chi connectivity index (χ1v) is 4.89. The molecule has 1 aromatic rings. The largest absolute Gasteiger partial charge is 0.324 e. The summed E-state index contributed by atoms with van der Waals surface area (Å²) >= 11 is 0. The van der Waals surface area contributed by atoms with Crippen molar-refractivity contribution < 1.29 is 4.39 Å². The lowest BCUT2D eigenvalue weighted by atomic mass is 9.86. The molecular formula is C12H18FN. The third kappa shape index (κ3) is 3.46. The SMILES string of the molecule is CC(C)(C)C[C@H](N)c1ccc(F)cc1. The highest BCUT2D eigenvalue weighted by molar-refractivity contribution is 5.19. The van der Waals surface area contributed by atoms with Crippen molar-refractivity contribution in [1.29, 1.82) is 0 Å². The maximum Gasteiger partial charge on any atom is 0.123 e. The quantitative estimate of drug-likeness (QED) is 0.770. The van der Waals surface area contributed by atoms with Gasteiger partial charge < -0.3 is 5.73 Å². The van der Waals surface area contributed by atoms with Crippen LogP contribution in [0, 0.1) is 11.2 Å². The second kappa shape index (κ2) is 4.09. The van der Waals surface area contributed by atoms with Crippen molar-refractivity contribution in [3.8, 4) is 0 Å². The van der Waals surface area contributed by atoms with Gasteiger partial charge in [0, 0.05) is 6.04 Å². The van der Waals surface area contributed by atoms with E-state index in [1.165, 1.54) is 12.1 Å². The summed E-state index contributed by atoms with van der Waals surface area (Å²) in [6.07, 6.45) is 0.901. The van der Waals surface area contributed by atoms with Gasteiger partial charge >= 0.3 is 0 Å². The van der Waals surface area contributed by atoms with Gasteiger partial charge in [-0.2, -0.15) is 0 Å². The van der Waals surface area contributed by atoms with Crippen molar-refractivity contribution >= 4 is 0 Å². The Hall–Kier alpha value is -0.890. The summed E-state index contributed by atoms with van der Waals surface area (Å²) in [4.78, 5) is 0. The van der Waals surface area contributed by atoms with Crippen molar-refractivity contribution in [2.75, 3.05) is 0 Å². The summed E-state index contributed by atoms with van der Waals surface area (Å²) in [6.45, 7) is 6.45. The summed E-state index contributed by atoms with van der Waals surface area (Å²) in [5.41, 5.74) is 7.21. The Morgan fingerprint density at radius 2 is 1.71 bits per heavy atom. The van der Waals surface area contributed by atoms with Gasteiger partial charge in [-0.1, -0.05) is 32.9 Å². The lowest BCUT2D eigenvalue weighted by molar-refractivity contribution is 0.342. The van der Waals surface area contributed by atoms with Crippen LogP contribution in [0.25, 0.3) is 0 Å². The van der Waals surface area contributed by atoms with Gasteiger partial charge in [0.05, 0.1) is 0 Å². The van der Waals surface area contributed by atoms with Crippen LogP contribution in [0.15, 0.2) is 24.3 Å². The van der Waals surface area contributed by atoms with Gasteiger partial charge in [0.2, 0.25) is 0 Å². The Balaban J connectivity index is 2.70. The normalized spacial score (nSPS) is 14.1. The van der Waals surface area contributed by atoms with Crippen molar-refractivity contribution in [3.63, 3.8) is 0 Å². The molecule has 0 fully saturated rings. The molecule has 14 heavy (non-hydrogen) atoms. The van der Waals surface area contributed by atoms with Gasteiger partial charge in [-0.15, -0.1) is 0 Å². The van der Waals surface area contributed by atoms with Crippen LogP contribution in [0.3, 0.4) is 0 Å². The molecule has 0 aliphatic heterocycles. The van der Waals surface area contributed by atoms with E-state index in [9.17, 15) is 4.39 Å². The molecule has 0 spiro atoms. The van der Waals surface area contributed by atoms with Crippen LogP contribution >= 0.6 is 0 Å². The predicted octanol–water partition coefficient (Wildman–Crippen LogP) is 3.26. The molecule has 1 rings (SSSR count). The Kier molecular flexibility index (Phi) is 3.27. The lowest BCUT2D eigenvalue weighted by Crippen LogP contribution is -2.18. The van der Waals surface area contributed by atoms with Crippen LogP contribution in [0.5, 0.6) is 0 Å². The van der Waals surface area contributed by atoms with E-state index in [1.807, 2.05) is 0 Å². The van der Waals surface area contributed by atoms with E-state index in [0.29, 0.717) is 0 Å². The van der Waals surface area contributed by atoms with E-state index in [2.05, 4.69) is 20.8 Å². The van der Waals surface area contributed by atoms with E-state index in [4.69, 9.17) is 5.73 Å². The molecule has 0 aromatic heterocycles. The number of hydrogen-bond donors (Lipinski definition) is 1. The predicted molar refractivity (Wildman–Crippen MR) is 57.4 cm³/mol. The summed E-state index contributed by atoms with van der Waals surface area (Å²) < 4.78 is 12.6. The van der Waals surface area contributed by atoms with Crippen LogP contribution in [-0.4, -0.2) is 0 Å². The molecule has 2 N–H and O–H groups in total. The molecule has 0 bridgehead atoms. The van der Waals surface area contributed by atoms with E-state index < -0.39 is 0 Å². The van der Waals surface area contributed by atoms with Crippen LogP contribution in [-0.2, 0) is 0 Å². The van der Waals surface area contributed by atoms with Crippen LogP contribution in [0.2, 0.25) is 0 Å². The van der Waals surface area contributed by atoms with Crippen LogP contribution < -0.4 is 5.73 Å². The molecule has 2 heteroatoms. The molecule has 0 aliphatic carbocycles. The van der Waals surface area contributed by atoms with Gasteiger partial charge in [-0.3, -0.25) is 0 Å². The molecule has 0 aliphatic rings. The van der Waals surface area contributed by atoms with Gasteiger partial charge in [0.1, 0.15) is 5.82 Å². The highest BCUT2D eigenvalue weighted by Gasteiger charge is 2.16. The number of rotatable bonds is 2. The number of benzene rings is 1. The Morgan fingerprint density at radius 1 is 1.21 bits per heavy atom. The minimum atomic E-state index is -0.211. The van der Waals surface area contributed by atoms with Crippen molar-refractivity contribution in [1.82, 2.24) is 0 Å². The Bertz CT molecular complexity index is 284. The smallest absolute Gasteiger partial charge is 0.123 e. The van der Waals surface area contributed by atoms with Gasteiger partial charge in [-0.25, -0.2) is 4.39 Å². The third-order valence-corrected chi connectivity index (χ3v) is 2.13. The molecule has 0 unspecified atom stereocenters. The van der Waals surface area contributed by atoms with Gasteiger partial charge in [-0.05, 0) is 29.5 Å². The number of halogens is 1. The van der Waals surface area contributed by atoms with Gasteiger partial charge in [0.25, 0.3) is 0 Å². The highest BCUT2D eigenvalue weighted by Crippen LogP contribution is 2.27. The molecule has 0 amide bonds. The molecule has 0 saturated heterocycles. The summed E-state index contributed by atoms with van der Waals surface area (Å²) in [5, 5.41) is 0. The lowest BCUT2D eigenvalue weighted by Gasteiger charge is -2.23. The summed E-state index contributed by atoms with van der Waals surface area (Å²) in [5.74, 6) is -0.211. The van der Waals surface area contributed by atoms with Crippen molar-refractivity contribution in [2.45, 2.75) is 33.2 Å². The molecular weight excluding hydrogens is 177 g/mol. The fraction of sp³-hybridized carbons (Fsp3) is 0.500. The minimum Gasteiger partial charge on any atom is -0.324 e. The summed E-state index contributed by atoms with van der Waals surface area (Å²) in [7, 11) is 0. The molecule has 1 nitrogen and oxygen atoms in total. The van der Waals surface area contributed by atoms with Gasteiger partial charge in [0.15, 0.2) is 0 Å². The third-order valence-electron chi connectivity index (χ3n) is 2.13. The molecule has 78 valence electrons. The number of hydrogen-bond acceptors (Lipinski definition) is 1. The summed E-state index contributed by atoms with van der Waals surface area (Å²) in [6, 6.07) is 6.42. The number of nitrogens with two attached hydrogens (primary N) is 1. The van der Waals surface area contributed by atoms with Crippen molar-refractivity contribution in [2.24, 2.45) is 11.1 Å². The molecule has 1 aromatic carbocycles. The van der Waals surface area contributed by atoms with Crippen molar-refractivity contribution in [3.05, 3.63) is 35.6 Å². The zero-order valence-electron chi connectivity index (χ0n) is 9.05. The topological polar surface area (TPSA) is 26.0 Å². The zero-order valence-corrected chi connectivity index (χ0v) is 9.05. The monoisotopic (exact) mass is 195 g/mol. The first kappa shape index (κ1) is 11.2. The first-order valence-electron chi connectivity index (χ1n) is 4.89. The average molecular weight is 195 g/mol. The average Bonchev–Trinajstić information content (AvgIpc) is 2.02. The minimum absolute atomic E-state index is 0.00407. The van der Waals surface area contributed by atoms with Crippen LogP contribution in [0.4, 0.5) is 4.39 Å². The second-order valence-corrected chi connectivity index (χ2v) is 4.92. The Labute approximate surface area is 85.1 Å². The van der Waals surface area contributed by atoms with Crippen LogP contribution in [0.1, 0.15) is 38.8 Å². The highest BCUT2D eigenvalue weighted by atomic mass is 19.1. The molecule has 0 radical (unpaired) electrons. The van der Waals surface area contributed by atoms with E-state index in [1.54, 1.807) is 12.1 Å². The molecule has 1 atom stereocenters. The standard InChI is InChI=1S/C12H18FN/c1-12(2,3)8-11(14)9-4-6-10(13)7-5-9/h4-7,11H,8,14H2,1-3H3/t11-/m0/s1. The Morgan fingerprint density at radius 3 is 2.14 bits per heavy atom. The zero-order chi connectivity index (χ0) is 10.8. The maximum absolute atomic E-state index is 12.6.